The highest BCUT2D eigenvalue weighted by Crippen LogP contribution is 2.60. The number of carbonyl (C=O) groups is 8. The number of aliphatic hydroxyl groups is 11. The van der Waals surface area contributed by atoms with Gasteiger partial charge in [0.1, 0.15) is 54.4 Å². The van der Waals surface area contributed by atoms with Crippen molar-refractivity contribution in [1.29, 1.82) is 0 Å². The van der Waals surface area contributed by atoms with Gasteiger partial charge in [0.05, 0.1) is 6.10 Å². The highest BCUT2D eigenvalue weighted by atomic mass is 16.7. The molecule has 5 rings (SSSR count). The minimum Gasteiger partial charge on any atom is -0.390 e. The molecule has 3 fully saturated rings. The second-order valence-corrected chi connectivity index (χ2v) is 19.5. The highest BCUT2D eigenvalue weighted by Gasteiger charge is 2.90. The molecule has 12 N–H and O–H groups in total. The maximum Gasteiger partial charge on any atom is 0.217 e. The lowest BCUT2D eigenvalue weighted by atomic mass is 9.48. The average molecular weight is 1050 g/mol. The molecule has 0 radical (unpaired) electrons. The van der Waals surface area contributed by atoms with E-state index >= 15 is 0 Å². The van der Waals surface area contributed by atoms with Crippen molar-refractivity contribution in [2.24, 2.45) is 0 Å². The SMILES string of the molecule is CCO[C@H]1O[C@H](C(O)Cc2ccccc2)[C@](O)([C@@H]2O[C@H](C(O)C(C)=O)[C@@](O)([C@@H]3O[C@H](C(O)C(C)=O)[C@@](O)(C(C)=O)[C@@](O)(C(C)=O)[C@]3(O)C(C)=O)[C@@](O)(C(C)=O)[C@]2(O)C(C)=O)[C@@](O)(Cc2ccccc2)[C@@H]1NC(C)=O. The summed E-state index contributed by atoms with van der Waals surface area (Å²) >= 11 is 0. The number of benzene rings is 2. The Hall–Kier alpha value is -5.00. The molecule has 24 heteroatoms. The number of carbonyl (C=O) groups excluding carboxylic acids is 8. The Morgan fingerprint density at radius 1 is 0.541 bits per heavy atom. The van der Waals surface area contributed by atoms with Gasteiger partial charge in [-0.3, -0.25) is 38.4 Å². The third kappa shape index (κ3) is 8.44. The van der Waals surface area contributed by atoms with Crippen molar-refractivity contribution in [1.82, 2.24) is 5.32 Å². The zero-order chi connectivity index (χ0) is 56.3. The van der Waals surface area contributed by atoms with E-state index in [0.717, 1.165) is 6.92 Å². The summed E-state index contributed by atoms with van der Waals surface area (Å²) in [7, 11) is 0. The minimum absolute atomic E-state index is 0.0525. The summed E-state index contributed by atoms with van der Waals surface area (Å²) in [5.74, 6) is -14.0. The van der Waals surface area contributed by atoms with Crippen molar-refractivity contribution in [2.75, 3.05) is 6.61 Å². The number of ether oxygens (including phenoxy) is 4. The van der Waals surface area contributed by atoms with Crippen molar-refractivity contribution in [3.05, 3.63) is 71.8 Å². The second-order valence-electron chi connectivity index (χ2n) is 19.5. The van der Waals surface area contributed by atoms with E-state index in [1.807, 2.05) is 0 Å². The third-order valence-electron chi connectivity index (χ3n) is 15.1. The van der Waals surface area contributed by atoms with Crippen molar-refractivity contribution < 1.29 is 113 Å². The quantitative estimate of drug-likeness (QED) is 0.0629. The standard InChI is InChI=1S/C50H65NO23/c1-10-71-40-36(51-30(9)59)43(63,22-32-19-15-12-16-20-32)47(67,37(72-40)33(60)21-31-17-13-11-14-18-31)41-45(65,26(5)55)50(70,29(8)58)48(68,39(74-41)35(62)24(3)53)42-46(66,27(6)56)49(69,28(7)57)44(64,25(4)54)38(73-42)34(61)23(2)52/h11-20,33-42,60-70H,10,21-22H2,1-9H3,(H,51,59)/t33?,34?,35?,36-,37-,38-,39-,40+,41-,42-,43-,44+,45+,46+,47+,48-,49+,50-/m1/s1. The van der Waals surface area contributed by atoms with Gasteiger partial charge in [0.15, 0.2) is 86.0 Å². The lowest BCUT2D eigenvalue weighted by Crippen LogP contribution is -2.98. The molecule has 0 spiro atoms. The third-order valence-corrected chi connectivity index (χ3v) is 15.1. The first-order valence-corrected chi connectivity index (χ1v) is 23.4. The number of nitrogens with one attached hydrogen (secondary N) is 1. The molecular weight excluding hydrogens is 983 g/mol. The predicted octanol–water partition coefficient (Wildman–Crippen LogP) is -4.67. The average Bonchev–Trinajstić information content (AvgIpc) is 3.32. The molecule has 408 valence electrons. The van der Waals surface area contributed by atoms with Crippen LogP contribution in [0, 0.1) is 0 Å². The number of hydrogen-bond donors (Lipinski definition) is 12. The number of Topliss-reactive ketones (excluding diaryl/α,β-unsaturated/α-hetero) is 7. The van der Waals surface area contributed by atoms with Crippen molar-refractivity contribution >= 4 is 46.4 Å². The number of rotatable bonds is 19. The zero-order valence-electron chi connectivity index (χ0n) is 42.0. The van der Waals surface area contributed by atoms with Gasteiger partial charge in [-0.2, -0.15) is 0 Å². The Bertz CT molecular complexity index is 2530. The van der Waals surface area contributed by atoms with E-state index in [-0.39, 0.29) is 17.7 Å². The van der Waals surface area contributed by atoms with Gasteiger partial charge in [-0.1, -0.05) is 60.7 Å². The summed E-state index contributed by atoms with van der Waals surface area (Å²) in [6.07, 6.45) is -28.3. The number of amides is 1. The molecule has 1 amide bonds. The van der Waals surface area contributed by atoms with E-state index in [1.54, 1.807) is 6.07 Å². The van der Waals surface area contributed by atoms with Crippen LogP contribution in [0.4, 0.5) is 0 Å². The van der Waals surface area contributed by atoms with Crippen LogP contribution < -0.4 is 5.32 Å². The highest BCUT2D eigenvalue weighted by molar-refractivity contribution is 6.07. The summed E-state index contributed by atoms with van der Waals surface area (Å²) in [6.45, 7) is 5.08. The molecule has 3 heterocycles. The number of hydrogen-bond acceptors (Lipinski definition) is 23. The summed E-state index contributed by atoms with van der Waals surface area (Å²) in [5.41, 5.74) is -34.4. The van der Waals surface area contributed by atoms with Gasteiger partial charge in [0, 0.05) is 26.4 Å². The Labute approximate surface area is 423 Å². The van der Waals surface area contributed by atoms with Gasteiger partial charge in [-0.15, -0.1) is 0 Å². The molecule has 3 aliphatic heterocycles. The van der Waals surface area contributed by atoms with Crippen molar-refractivity contribution in [3.8, 4) is 0 Å². The normalized spacial score (nSPS) is 39.4. The summed E-state index contributed by atoms with van der Waals surface area (Å²) in [4.78, 5) is 111. The van der Waals surface area contributed by atoms with E-state index in [1.165, 1.54) is 61.5 Å². The van der Waals surface area contributed by atoms with Gasteiger partial charge in [-0.05, 0) is 66.5 Å². The smallest absolute Gasteiger partial charge is 0.217 e. The fraction of sp³-hybridized carbons (Fsp3) is 0.600. The summed E-state index contributed by atoms with van der Waals surface area (Å²) in [5, 5.41) is 145. The second kappa shape index (κ2) is 20.8. The molecule has 24 nitrogen and oxygen atoms in total. The first-order chi connectivity index (χ1) is 34.1. The molecule has 2 aromatic carbocycles. The van der Waals surface area contributed by atoms with Crippen molar-refractivity contribution in [2.45, 2.75) is 181 Å². The van der Waals surface area contributed by atoms with Crippen LogP contribution in [0.15, 0.2) is 60.7 Å². The molecule has 3 aliphatic rings. The molecule has 18 atom stereocenters. The van der Waals surface area contributed by atoms with Crippen LogP contribution in [0.3, 0.4) is 0 Å². The van der Waals surface area contributed by atoms with Gasteiger partial charge in [-0.25, -0.2) is 0 Å². The molecule has 74 heavy (non-hydrogen) atoms. The van der Waals surface area contributed by atoms with Crippen LogP contribution in [0.1, 0.15) is 73.4 Å². The summed E-state index contributed by atoms with van der Waals surface area (Å²) in [6, 6.07) is 12.7. The van der Waals surface area contributed by atoms with Crippen LogP contribution >= 0.6 is 0 Å². The molecule has 0 aliphatic carbocycles. The van der Waals surface area contributed by atoms with Crippen LogP contribution in [0.2, 0.25) is 0 Å². The van der Waals surface area contributed by atoms with Crippen LogP contribution in [-0.4, -0.2) is 215 Å². The Morgan fingerprint density at radius 3 is 1.38 bits per heavy atom. The molecular formula is C50H65NO23. The Kier molecular flexibility index (Phi) is 16.9. The maximum atomic E-state index is 14.9. The molecule has 0 saturated carbocycles. The predicted molar refractivity (Wildman–Crippen MR) is 248 cm³/mol. The largest absolute Gasteiger partial charge is 0.390 e. The molecule has 3 saturated heterocycles. The van der Waals surface area contributed by atoms with Crippen LogP contribution in [0.5, 0.6) is 0 Å². The first kappa shape index (κ1) is 59.9. The lowest BCUT2D eigenvalue weighted by molar-refractivity contribution is -0.438. The fourth-order valence-electron chi connectivity index (χ4n) is 11.4. The summed E-state index contributed by atoms with van der Waals surface area (Å²) < 4.78 is 24.1. The Morgan fingerprint density at radius 2 is 0.959 bits per heavy atom. The van der Waals surface area contributed by atoms with Gasteiger partial charge in [0.25, 0.3) is 0 Å². The number of ketones is 7. The van der Waals surface area contributed by atoms with Crippen LogP contribution in [-0.2, 0) is 70.1 Å². The van der Waals surface area contributed by atoms with E-state index < -0.39 is 165 Å². The van der Waals surface area contributed by atoms with E-state index in [0.29, 0.717) is 48.5 Å². The topological polar surface area (TPSA) is 408 Å². The zero-order valence-corrected chi connectivity index (χ0v) is 42.0. The lowest BCUT2D eigenvalue weighted by Gasteiger charge is -2.69. The van der Waals surface area contributed by atoms with E-state index in [9.17, 15) is 94.5 Å². The Balaban J connectivity index is 2.07. The molecule has 2 aromatic rings. The van der Waals surface area contributed by atoms with Gasteiger partial charge in [0.2, 0.25) is 5.91 Å². The van der Waals surface area contributed by atoms with E-state index in [4.69, 9.17) is 18.9 Å². The first-order valence-electron chi connectivity index (χ1n) is 23.4. The van der Waals surface area contributed by atoms with Gasteiger partial charge >= 0.3 is 0 Å². The van der Waals surface area contributed by atoms with Crippen LogP contribution in [0.25, 0.3) is 0 Å². The fourth-order valence-corrected chi connectivity index (χ4v) is 11.4. The monoisotopic (exact) mass is 1050 g/mol. The van der Waals surface area contributed by atoms with Gasteiger partial charge < -0.3 is 80.4 Å². The van der Waals surface area contributed by atoms with E-state index in [2.05, 4.69) is 5.32 Å². The maximum absolute atomic E-state index is 14.9. The minimum atomic E-state index is -4.82. The number of aliphatic hydroxyl groups excluding tert-OH is 3. The molecule has 0 aromatic heterocycles. The molecule has 0 bridgehead atoms. The van der Waals surface area contributed by atoms with Crippen molar-refractivity contribution in [3.63, 3.8) is 0 Å². The molecule has 3 unspecified atom stereocenters.